The molecule has 0 aromatic carbocycles. The van der Waals surface area contributed by atoms with Crippen molar-refractivity contribution in [1.82, 2.24) is 9.38 Å². The Balaban J connectivity index is 2.80. The first-order valence-corrected chi connectivity index (χ1v) is 3.67. The molecule has 0 saturated heterocycles. The van der Waals surface area contributed by atoms with Gasteiger partial charge in [0.2, 0.25) is 0 Å². The third-order valence-electron chi connectivity index (χ3n) is 1.81. The molecule has 2 aromatic heterocycles. The standard InChI is InChI=1S/C8H9N3O/c9-4-8-10-5-6-7(12)2-1-3-11(6)8/h1-3,5,12H,4,9H2. The predicted octanol–water partition coefficient (Wildman–Crippen LogP) is 0.499. The molecule has 0 bridgehead atoms. The van der Waals surface area contributed by atoms with E-state index in [1.807, 2.05) is 6.20 Å². The highest BCUT2D eigenvalue weighted by Gasteiger charge is 2.03. The van der Waals surface area contributed by atoms with Gasteiger partial charge in [0.05, 0.1) is 12.7 Å². The monoisotopic (exact) mass is 163 g/mol. The Morgan fingerprint density at radius 2 is 2.42 bits per heavy atom. The Morgan fingerprint density at radius 1 is 1.58 bits per heavy atom. The van der Waals surface area contributed by atoms with Crippen LogP contribution in [0.15, 0.2) is 24.5 Å². The van der Waals surface area contributed by atoms with Crippen LogP contribution in [0.3, 0.4) is 0 Å². The highest BCUT2D eigenvalue weighted by Crippen LogP contribution is 2.17. The van der Waals surface area contributed by atoms with Crippen LogP contribution in [0, 0.1) is 0 Å². The van der Waals surface area contributed by atoms with Gasteiger partial charge in [0.1, 0.15) is 17.1 Å². The van der Waals surface area contributed by atoms with Gasteiger partial charge in [-0.3, -0.25) is 4.40 Å². The van der Waals surface area contributed by atoms with E-state index in [1.54, 1.807) is 22.7 Å². The number of imidazole rings is 1. The smallest absolute Gasteiger partial charge is 0.141 e. The summed E-state index contributed by atoms with van der Waals surface area (Å²) >= 11 is 0. The van der Waals surface area contributed by atoms with E-state index in [1.165, 1.54) is 0 Å². The van der Waals surface area contributed by atoms with Gasteiger partial charge in [-0.2, -0.15) is 0 Å². The zero-order valence-corrected chi connectivity index (χ0v) is 6.44. The van der Waals surface area contributed by atoms with Crippen molar-refractivity contribution in [2.75, 3.05) is 0 Å². The molecule has 0 atom stereocenters. The highest BCUT2D eigenvalue weighted by atomic mass is 16.3. The minimum absolute atomic E-state index is 0.227. The van der Waals surface area contributed by atoms with Crippen LogP contribution in [-0.4, -0.2) is 14.5 Å². The van der Waals surface area contributed by atoms with E-state index in [4.69, 9.17) is 5.73 Å². The normalized spacial score (nSPS) is 10.8. The lowest BCUT2D eigenvalue weighted by molar-refractivity contribution is 0.479. The molecule has 0 aliphatic rings. The summed E-state index contributed by atoms with van der Waals surface area (Å²) in [5.41, 5.74) is 6.14. The van der Waals surface area contributed by atoms with Crippen molar-refractivity contribution in [1.29, 1.82) is 0 Å². The second-order valence-electron chi connectivity index (χ2n) is 2.53. The Kier molecular flexibility index (Phi) is 1.48. The van der Waals surface area contributed by atoms with Gasteiger partial charge in [0.15, 0.2) is 0 Å². The zero-order valence-electron chi connectivity index (χ0n) is 6.44. The van der Waals surface area contributed by atoms with E-state index >= 15 is 0 Å². The number of aromatic hydroxyl groups is 1. The van der Waals surface area contributed by atoms with E-state index < -0.39 is 0 Å². The maximum atomic E-state index is 9.38. The number of rotatable bonds is 1. The summed E-state index contributed by atoms with van der Waals surface area (Å²) in [5, 5.41) is 9.38. The molecular weight excluding hydrogens is 154 g/mol. The molecular formula is C8H9N3O. The van der Waals surface area contributed by atoms with Crippen molar-refractivity contribution in [2.45, 2.75) is 6.54 Å². The molecule has 0 saturated carbocycles. The van der Waals surface area contributed by atoms with Crippen molar-refractivity contribution in [3.63, 3.8) is 0 Å². The molecule has 12 heavy (non-hydrogen) atoms. The lowest BCUT2D eigenvalue weighted by atomic mass is 10.4. The number of nitrogens with zero attached hydrogens (tertiary/aromatic N) is 2. The summed E-state index contributed by atoms with van der Waals surface area (Å²) in [5.74, 6) is 0.977. The molecule has 0 amide bonds. The van der Waals surface area contributed by atoms with Crippen LogP contribution in [0.5, 0.6) is 5.75 Å². The lowest BCUT2D eigenvalue weighted by Gasteiger charge is -1.98. The highest BCUT2D eigenvalue weighted by molar-refractivity contribution is 5.58. The zero-order chi connectivity index (χ0) is 8.55. The van der Waals surface area contributed by atoms with Gasteiger partial charge >= 0.3 is 0 Å². The summed E-state index contributed by atoms with van der Waals surface area (Å²) in [7, 11) is 0. The molecule has 0 fully saturated rings. The Hall–Kier alpha value is -1.55. The van der Waals surface area contributed by atoms with E-state index in [-0.39, 0.29) is 5.75 Å². The molecule has 0 spiro atoms. The maximum absolute atomic E-state index is 9.38. The summed E-state index contributed by atoms with van der Waals surface area (Å²) < 4.78 is 1.77. The van der Waals surface area contributed by atoms with E-state index in [0.717, 1.165) is 5.82 Å². The van der Waals surface area contributed by atoms with Gasteiger partial charge in [-0.1, -0.05) is 0 Å². The first-order chi connectivity index (χ1) is 5.83. The van der Waals surface area contributed by atoms with Gasteiger partial charge in [0, 0.05) is 6.20 Å². The molecule has 2 aromatic rings. The van der Waals surface area contributed by atoms with Gasteiger partial charge in [-0.15, -0.1) is 0 Å². The van der Waals surface area contributed by atoms with Gasteiger partial charge in [-0.25, -0.2) is 4.98 Å². The Bertz CT molecular complexity index is 408. The summed E-state index contributed by atoms with van der Waals surface area (Å²) in [4.78, 5) is 4.05. The van der Waals surface area contributed by atoms with Crippen LogP contribution >= 0.6 is 0 Å². The van der Waals surface area contributed by atoms with Crippen LogP contribution in [0.2, 0.25) is 0 Å². The fraction of sp³-hybridized carbons (Fsp3) is 0.125. The Labute approximate surface area is 69.3 Å². The van der Waals surface area contributed by atoms with E-state index in [0.29, 0.717) is 12.1 Å². The van der Waals surface area contributed by atoms with Crippen LogP contribution < -0.4 is 5.73 Å². The van der Waals surface area contributed by atoms with E-state index in [9.17, 15) is 5.11 Å². The van der Waals surface area contributed by atoms with Crippen molar-refractivity contribution in [2.24, 2.45) is 5.73 Å². The molecule has 2 heterocycles. The number of fused-ring (bicyclic) bond motifs is 1. The minimum atomic E-state index is 0.227. The number of hydrogen-bond donors (Lipinski definition) is 2. The molecule has 4 heteroatoms. The first kappa shape index (κ1) is 7.12. The fourth-order valence-electron chi connectivity index (χ4n) is 1.21. The molecule has 3 N–H and O–H groups in total. The second kappa shape index (κ2) is 2.49. The Morgan fingerprint density at radius 3 is 3.17 bits per heavy atom. The SMILES string of the molecule is NCc1ncc2c(O)cccn12. The molecule has 4 nitrogen and oxygen atoms in total. The lowest BCUT2D eigenvalue weighted by Crippen LogP contribution is -2.01. The topological polar surface area (TPSA) is 63.5 Å². The van der Waals surface area contributed by atoms with Crippen LogP contribution in [0.25, 0.3) is 5.52 Å². The van der Waals surface area contributed by atoms with E-state index in [2.05, 4.69) is 4.98 Å². The average molecular weight is 163 g/mol. The van der Waals surface area contributed by atoms with Crippen molar-refractivity contribution in [3.8, 4) is 5.75 Å². The summed E-state index contributed by atoms with van der Waals surface area (Å²) in [6.07, 6.45) is 3.43. The van der Waals surface area contributed by atoms with Crippen molar-refractivity contribution >= 4 is 5.52 Å². The quantitative estimate of drug-likeness (QED) is 0.643. The minimum Gasteiger partial charge on any atom is -0.506 e. The predicted molar refractivity (Wildman–Crippen MR) is 44.7 cm³/mol. The molecule has 0 radical (unpaired) electrons. The number of nitrogens with two attached hydrogens (primary N) is 1. The molecule has 0 aliphatic carbocycles. The fourth-order valence-corrected chi connectivity index (χ4v) is 1.21. The number of aromatic nitrogens is 2. The maximum Gasteiger partial charge on any atom is 0.141 e. The first-order valence-electron chi connectivity index (χ1n) is 3.67. The number of hydrogen-bond acceptors (Lipinski definition) is 3. The van der Waals surface area contributed by atoms with Gasteiger partial charge in [-0.05, 0) is 12.1 Å². The van der Waals surface area contributed by atoms with Crippen molar-refractivity contribution < 1.29 is 5.11 Å². The van der Waals surface area contributed by atoms with Crippen LogP contribution in [0.1, 0.15) is 5.82 Å². The molecule has 62 valence electrons. The van der Waals surface area contributed by atoms with Gasteiger partial charge in [0.25, 0.3) is 0 Å². The number of pyridine rings is 1. The van der Waals surface area contributed by atoms with Crippen LogP contribution in [-0.2, 0) is 6.54 Å². The van der Waals surface area contributed by atoms with Crippen molar-refractivity contribution in [3.05, 3.63) is 30.4 Å². The molecule has 0 unspecified atom stereocenters. The third-order valence-corrected chi connectivity index (χ3v) is 1.81. The average Bonchev–Trinajstić information content (AvgIpc) is 2.49. The molecule has 2 rings (SSSR count). The second-order valence-corrected chi connectivity index (χ2v) is 2.53. The summed E-state index contributed by atoms with van der Waals surface area (Å²) in [6.45, 7) is 0.373. The molecule has 0 aliphatic heterocycles. The van der Waals surface area contributed by atoms with Crippen LogP contribution in [0.4, 0.5) is 0 Å². The largest absolute Gasteiger partial charge is 0.506 e. The van der Waals surface area contributed by atoms with Gasteiger partial charge < -0.3 is 10.8 Å². The third kappa shape index (κ3) is 0.853. The summed E-state index contributed by atoms with van der Waals surface area (Å²) in [6, 6.07) is 3.38.